The minimum atomic E-state index is -0.535. The molecule has 1 amide bonds. The number of aromatic nitrogens is 2. The largest absolute Gasteiger partial charge is 0.352 e. The molecule has 1 aromatic carbocycles. The van der Waals surface area contributed by atoms with Crippen LogP contribution in [0.4, 0.5) is 4.39 Å². The molecule has 0 unspecified atom stereocenters. The van der Waals surface area contributed by atoms with Crippen LogP contribution in [0.25, 0.3) is 0 Å². The fourth-order valence-corrected chi connectivity index (χ4v) is 2.02. The Morgan fingerprint density at radius 1 is 1.42 bits per heavy atom. The molecule has 2 aromatic rings. The zero-order valence-electron chi connectivity index (χ0n) is 10.1. The van der Waals surface area contributed by atoms with Gasteiger partial charge in [0.1, 0.15) is 5.82 Å². The number of carbonyl (C=O) groups excluding carboxylic acids is 1. The quantitative estimate of drug-likeness (QED) is 0.859. The van der Waals surface area contributed by atoms with Gasteiger partial charge in [-0.15, -0.1) is 0 Å². The summed E-state index contributed by atoms with van der Waals surface area (Å²) in [5.41, 5.74) is 0.0495. The van der Waals surface area contributed by atoms with E-state index in [1.165, 1.54) is 6.07 Å². The van der Waals surface area contributed by atoms with E-state index >= 15 is 0 Å². The van der Waals surface area contributed by atoms with E-state index in [2.05, 4.69) is 26.3 Å². The number of aryl methyl sites for hydroxylation is 1. The van der Waals surface area contributed by atoms with Gasteiger partial charge in [-0.1, -0.05) is 6.07 Å². The highest BCUT2D eigenvalue weighted by molar-refractivity contribution is 9.10. The van der Waals surface area contributed by atoms with E-state index in [-0.39, 0.29) is 10.0 Å². The molecule has 0 aliphatic heterocycles. The lowest BCUT2D eigenvalue weighted by atomic mass is 10.2. The minimum absolute atomic E-state index is 0.0495. The molecule has 1 N–H and O–H groups in total. The van der Waals surface area contributed by atoms with Crippen LogP contribution in [0.1, 0.15) is 16.8 Å². The van der Waals surface area contributed by atoms with Crippen LogP contribution in [0.15, 0.2) is 41.1 Å². The average Bonchev–Trinajstić information content (AvgIpc) is 2.91. The van der Waals surface area contributed by atoms with Gasteiger partial charge in [0.25, 0.3) is 5.91 Å². The lowest BCUT2D eigenvalue weighted by molar-refractivity contribution is 0.0948. The Bertz CT molecular complexity index is 557. The number of amides is 1. The molecule has 0 atom stereocenters. The van der Waals surface area contributed by atoms with Crippen molar-refractivity contribution in [2.24, 2.45) is 0 Å². The second kappa shape index (κ2) is 6.47. The van der Waals surface area contributed by atoms with Crippen molar-refractivity contribution in [1.29, 1.82) is 0 Å². The van der Waals surface area contributed by atoms with E-state index in [4.69, 9.17) is 0 Å². The fourth-order valence-electron chi connectivity index (χ4n) is 1.65. The molecule has 0 fully saturated rings. The lowest BCUT2D eigenvalue weighted by Crippen LogP contribution is -2.26. The van der Waals surface area contributed by atoms with Crippen LogP contribution in [-0.4, -0.2) is 22.2 Å². The van der Waals surface area contributed by atoms with E-state index in [1.54, 1.807) is 23.0 Å². The molecule has 1 aromatic heterocycles. The van der Waals surface area contributed by atoms with Gasteiger partial charge in [0.15, 0.2) is 0 Å². The molecule has 100 valence electrons. The van der Waals surface area contributed by atoms with Crippen LogP contribution < -0.4 is 5.32 Å². The fraction of sp³-hybridized carbons (Fsp3) is 0.231. The summed E-state index contributed by atoms with van der Waals surface area (Å²) in [6, 6.07) is 6.49. The topological polar surface area (TPSA) is 46.9 Å². The summed E-state index contributed by atoms with van der Waals surface area (Å²) in [5.74, 6) is -0.939. The number of benzene rings is 1. The molecule has 4 nitrogen and oxygen atoms in total. The number of rotatable bonds is 5. The third-order valence-corrected chi connectivity index (χ3v) is 3.22. The van der Waals surface area contributed by atoms with Crippen LogP contribution in [0, 0.1) is 5.82 Å². The van der Waals surface area contributed by atoms with Gasteiger partial charge in [-0.2, -0.15) is 5.10 Å². The Labute approximate surface area is 118 Å². The summed E-state index contributed by atoms with van der Waals surface area (Å²) in [5, 5.41) is 6.74. The summed E-state index contributed by atoms with van der Waals surface area (Å²) < 4.78 is 15.7. The van der Waals surface area contributed by atoms with Crippen molar-refractivity contribution >= 4 is 21.8 Å². The number of hydrogen-bond acceptors (Lipinski definition) is 2. The molecule has 0 bridgehead atoms. The third kappa shape index (κ3) is 3.64. The minimum Gasteiger partial charge on any atom is -0.352 e. The van der Waals surface area contributed by atoms with Crippen molar-refractivity contribution in [2.75, 3.05) is 6.54 Å². The van der Waals surface area contributed by atoms with Crippen LogP contribution in [0.2, 0.25) is 0 Å². The summed E-state index contributed by atoms with van der Waals surface area (Å²) in [7, 11) is 0. The van der Waals surface area contributed by atoms with Gasteiger partial charge in [-0.25, -0.2) is 4.39 Å². The Balaban J connectivity index is 1.83. The Kier molecular flexibility index (Phi) is 4.68. The van der Waals surface area contributed by atoms with Crippen molar-refractivity contribution in [2.45, 2.75) is 13.0 Å². The highest BCUT2D eigenvalue weighted by Crippen LogP contribution is 2.18. The average molecular weight is 326 g/mol. The molecule has 19 heavy (non-hydrogen) atoms. The Hall–Kier alpha value is -1.69. The molecule has 2 rings (SSSR count). The third-order valence-electron chi connectivity index (χ3n) is 2.60. The molecule has 0 aliphatic rings. The first kappa shape index (κ1) is 13.7. The monoisotopic (exact) mass is 325 g/mol. The van der Waals surface area contributed by atoms with E-state index in [9.17, 15) is 9.18 Å². The summed E-state index contributed by atoms with van der Waals surface area (Å²) in [6.45, 7) is 1.19. The van der Waals surface area contributed by atoms with Gasteiger partial charge in [0.2, 0.25) is 0 Å². The van der Waals surface area contributed by atoms with Crippen molar-refractivity contribution in [3.05, 3.63) is 52.5 Å². The van der Waals surface area contributed by atoms with Gasteiger partial charge in [-0.3, -0.25) is 9.48 Å². The second-order valence-electron chi connectivity index (χ2n) is 3.98. The predicted octanol–water partition coefficient (Wildman–Crippen LogP) is 2.60. The maximum Gasteiger partial charge on any atom is 0.254 e. The maximum absolute atomic E-state index is 13.7. The first-order valence-corrected chi connectivity index (χ1v) is 6.67. The van der Waals surface area contributed by atoms with Gasteiger partial charge in [0, 0.05) is 25.5 Å². The molecular formula is C13H13BrFN3O. The predicted molar refractivity (Wildman–Crippen MR) is 73.3 cm³/mol. The molecule has 0 radical (unpaired) electrons. The van der Waals surface area contributed by atoms with Gasteiger partial charge >= 0.3 is 0 Å². The molecular weight excluding hydrogens is 313 g/mol. The lowest BCUT2D eigenvalue weighted by Gasteiger charge is -2.07. The number of hydrogen-bond donors (Lipinski definition) is 1. The van der Waals surface area contributed by atoms with Crippen LogP contribution in [0.5, 0.6) is 0 Å². The molecule has 0 spiro atoms. The first-order valence-electron chi connectivity index (χ1n) is 5.88. The highest BCUT2D eigenvalue weighted by atomic mass is 79.9. The van der Waals surface area contributed by atoms with Crippen LogP contribution >= 0.6 is 15.9 Å². The molecule has 0 saturated heterocycles. The smallest absolute Gasteiger partial charge is 0.254 e. The first-order chi connectivity index (χ1) is 9.18. The van der Waals surface area contributed by atoms with Gasteiger partial charge in [0.05, 0.1) is 10.0 Å². The van der Waals surface area contributed by atoms with Crippen LogP contribution in [-0.2, 0) is 6.54 Å². The van der Waals surface area contributed by atoms with Crippen molar-refractivity contribution < 1.29 is 9.18 Å². The van der Waals surface area contributed by atoms with E-state index < -0.39 is 11.7 Å². The molecule has 0 saturated carbocycles. The van der Waals surface area contributed by atoms with Crippen molar-refractivity contribution in [1.82, 2.24) is 15.1 Å². The van der Waals surface area contributed by atoms with Gasteiger partial charge in [-0.05, 0) is 40.5 Å². The van der Waals surface area contributed by atoms with Crippen molar-refractivity contribution in [3.8, 4) is 0 Å². The molecule has 6 heteroatoms. The Morgan fingerprint density at radius 2 is 2.26 bits per heavy atom. The van der Waals surface area contributed by atoms with Crippen LogP contribution in [0.3, 0.4) is 0 Å². The van der Waals surface area contributed by atoms with Gasteiger partial charge < -0.3 is 5.32 Å². The van der Waals surface area contributed by atoms with E-state index in [0.717, 1.165) is 6.42 Å². The highest BCUT2D eigenvalue weighted by Gasteiger charge is 2.12. The van der Waals surface area contributed by atoms with E-state index in [0.29, 0.717) is 13.1 Å². The van der Waals surface area contributed by atoms with Crippen molar-refractivity contribution in [3.63, 3.8) is 0 Å². The number of carbonyl (C=O) groups is 1. The van der Waals surface area contributed by atoms with E-state index in [1.807, 2.05) is 12.3 Å². The SMILES string of the molecule is O=C(NCCCn1cccn1)c1cccc(Br)c1F. The number of nitrogens with one attached hydrogen (secondary N) is 1. The zero-order valence-corrected chi connectivity index (χ0v) is 11.7. The molecule has 0 aliphatic carbocycles. The maximum atomic E-state index is 13.7. The standard InChI is InChI=1S/C13H13BrFN3O/c14-11-5-1-4-10(12(11)15)13(19)16-6-2-8-18-9-3-7-17-18/h1,3-5,7,9H,2,6,8H2,(H,16,19). The Morgan fingerprint density at radius 3 is 3.00 bits per heavy atom. The summed E-state index contributed by atoms with van der Waals surface area (Å²) >= 11 is 3.06. The summed E-state index contributed by atoms with van der Waals surface area (Å²) in [6.07, 6.45) is 4.30. The molecule has 1 heterocycles. The zero-order chi connectivity index (χ0) is 13.7. The second-order valence-corrected chi connectivity index (χ2v) is 4.83. The summed E-state index contributed by atoms with van der Waals surface area (Å²) in [4.78, 5) is 11.8. The number of halogens is 2. The normalized spacial score (nSPS) is 10.4. The number of nitrogens with zero attached hydrogens (tertiary/aromatic N) is 2.